The van der Waals surface area contributed by atoms with E-state index in [9.17, 15) is 19.2 Å². The molecule has 166 valence electrons. The lowest BCUT2D eigenvalue weighted by atomic mass is 10.1. The molecule has 2 aromatic heterocycles. The minimum atomic E-state index is -0.736. The monoisotopic (exact) mass is 456 g/mol. The Bertz CT molecular complexity index is 1140. The van der Waals surface area contributed by atoms with Gasteiger partial charge >= 0.3 is 11.9 Å². The highest BCUT2D eigenvalue weighted by atomic mass is 32.1. The average Bonchev–Trinajstić information content (AvgIpc) is 3.41. The number of nitrogens with one attached hydrogen (secondary N) is 2. The molecule has 0 aliphatic rings. The lowest BCUT2D eigenvalue weighted by molar-refractivity contribution is -0.119. The lowest BCUT2D eigenvalue weighted by Crippen LogP contribution is -2.22. The van der Waals surface area contributed by atoms with E-state index in [-0.39, 0.29) is 28.6 Å². The summed E-state index contributed by atoms with van der Waals surface area (Å²) in [6, 6.07) is 9.51. The van der Waals surface area contributed by atoms with Crippen molar-refractivity contribution in [3.8, 4) is 11.3 Å². The van der Waals surface area contributed by atoms with Crippen molar-refractivity contribution in [2.24, 2.45) is 0 Å². The van der Waals surface area contributed by atoms with Gasteiger partial charge in [-0.25, -0.2) is 9.59 Å². The molecule has 9 nitrogen and oxygen atoms in total. The van der Waals surface area contributed by atoms with Crippen LogP contribution >= 0.6 is 11.3 Å². The van der Waals surface area contributed by atoms with Gasteiger partial charge in [0.25, 0.3) is 5.91 Å². The third kappa shape index (κ3) is 5.61. The summed E-state index contributed by atoms with van der Waals surface area (Å²) in [5, 5.41) is 7.06. The molecule has 0 radical (unpaired) electrons. The topological polar surface area (TPSA) is 124 Å². The molecule has 2 N–H and O–H groups in total. The summed E-state index contributed by atoms with van der Waals surface area (Å²) in [7, 11) is 0. The predicted octanol–water partition coefficient (Wildman–Crippen LogP) is 3.94. The van der Waals surface area contributed by atoms with E-state index < -0.39 is 24.5 Å². The Morgan fingerprint density at radius 1 is 1.03 bits per heavy atom. The van der Waals surface area contributed by atoms with Gasteiger partial charge in [0.1, 0.15) is 16.3 Å². The van der Waals surface area contributed by atoms with Crippen LogP contribution in [0.2, 0.25) is 0 Å². The number of hydrogen-bond donors (Lipinski definition) is 2. The van der Waals surface area contributed by atoms with Crippen molar-refractivity contribution >= 4 is 45.8 Å². The summed E-state index contributed by atoms with van der Waals surface area (Å²) in [4.78, 5) is 48.3. The molecule has 0 fully saturated rings. The zero-order valence-corrected chi connectivity index (χ0v) is 18.1. The van der Waals surface area contributed by atoms with Crippen LogP contribution < -0.4 is 10.6 Å². The third-order valence-electron chi connectivity index (χ3n) is 4.06. The highest BCUT2D eigenvalue weighted by Gasteiger charge is 2.24. The van der Waals surface area contributed by atoms with Crippen LogP contribution in [0.15, 0.2) is 52.5 Å². The van der Waals surface area contributed by atoms with E-state index in [2.05, 4.69) is 10.6 Å². The number of hydrogen-bond acceptors (Lipinski definition) is 8. The number of thiophene rings is 1. The second-order valence-corrected chi connectivity index (χ2v) is 7.32. The zero-order chi connectivity index (χ0) is 23.1. The molecule has 0 saturated heterocycles. The van der Waals surface area contributed by atoms with Crippen molar-refractivity contribution in [3.05, 3.63) is 59.2 Å². The van der Waals surface area contributed by atoms with E-state index in [0.717, 1.165) is 11.3 Å². The Morgan fingerprint density at radius 2 is 1.84 bits per heavy atom. The van der Waals surface area contributed by atoms with Gasteiger partial charge in [0, 0.05) is 23.6 Å². The molecule has 3 rings (SSSR count). The summed E-state index contributed by atoms with van der Waals surface area (Å²) >= 11 is 1.12. The van der Waals surface area contributed by atoms with Crippen LogP contribution in [0, 0.1) is 0 Å². The van der Waals surface area contributed by atoms with Crippen LogP contribution in [0.5, 0.6) is 0 Å². The number of amides is 2. The molecule has 3 aromatic rings. The minimum absolute atomic E-state index is 0.162. The maximum absolute atomic E-state index is 12.5. The summed E-state index contributed by atoms with van der Waals surface area (Å²) in [6.45, 7) is 2.62. The van der Waals surface area contributed by atoms with Gasteiger partial charge in [-0.15, -0.1) is 11.3 Å². The number of carbonyl (C=O) groups excluding carboxylic acids is 4. The quantitative estimate of drug-likeness (QED) is 0.492. The number of benzene rings is 1. The van der Waals surface area contributed by atoms with E-state index in [1.807, 2.05) is 0 Å². The van der Waals surface area contributed by atoms with Crippen molar-refractivity contribution in [1.29, 1.82) is 0 Å². The molecule has 1 aromatic carbocycles. The summed E-state index contributed by atoms with van der Waals surface area (Å²) in [5.74, 6) is -1.80. The van der Waals surface area contributed by atoms with E-state index in [4.69, 9.17) is 13.9 Å². The second-order valence-electron chi connectivity index (χ2n) is 6.44. The molecule has 32 heavy (non-hydrogen) atoms. The van der Waals surface area contributed by atoms with Gasteiger partial charge in [-0.3, -0.25) is 9.59 Å². The number of anilines is 2. The number of carbonyl (C=O) groups is 4. The smallest absolute Gasteiger partial charge is 0.341 e. The molecule has 2 heterocycles. The highest BCUT2D eigenvalue weighted by Crippen LogP contribution is 2.36. The fourth-order valence-corrected chi connectivity index (χ4v) is 3.73. The maximum Gasteiger partial charge on any atom is 0.341 e. The molecular weight excluding hydrogens is 436 g/mol. The van der Waals surface area contributed by atoms with Crippen LogP contribution in [0.4, 0.5) is 10.7 Å². The Balaban J connectivity index is 1.68. The summed E-state index contributed by atoms with van der Waals surface area (Å²) < 4.78 is 15.5. The highest BCUT2D eigenvalue weighted by molar-refractivity contribution is 7.15. The minimum Gasteiger partial charge on any atom is -0.464 e. The van der Waals surface area contributed by atoms with Crippen LogP contribution in [0.3, 0.4) is 0 Å². The first-order valence-corrected chi connectivity index (χ1v) is 10.4. The van der Waals surface area contributed by atoms with Crippen molar-refractivity contribution in [3.63, 3.8) is 0 Å². The SMILES string of the molecule is CCOC(=O)c1c(-c2ccco2)csc1NC(=O)COC(=O)c1cccc(NC(C)=O)c1. The molecule has 0 aliphatic heterocycles. The Kier molecular flexibility index (Phi) is 7.40. The van der Waals surface area contributed by atoms with Gasteiger partial charge < -0.3 is 24.5 Å². The molecular formula is C22H20N2O7S. The number of furan rings is 1. The molecule has 0 bridgehead atoms. The van der Waals surface area contributed by atoms with Crippen molar-refractivity contribution in [2.45, 2.75) is 13.8 Å². The first-order chi connectivity index (χ1) is 15.4. The molecule has 10 heteroatoms. The molecule has 0 aliphatic carbocycles. The van der Waals surface area contributed by atoms with Crippen molar-refractivity contribution in [2.75, 3.05) is 23.8 Å². The Labute approximate surface area is 187 Å². The predicted molar refractivity (Wildman–Crippen MR) is 118 cm³/mol. The van der Waals surface area contributed by atoms with Gasteiger partial charge in [0.05, 0.1) is 18.4 Å². The normalized spacial score (nSPS) is 10.3. The van der Waals surface area contributed by atoms with E-state index in [1.165, 1.54) is 25.3 Å². The van der Waals surface area contributed by atoms with Gasteiger partial charge in [-0.2, -0.15) is 0 Å². The molecule has 0 unspecified atom stereocenters. The molecule has 0 spiro atoms. The zero-order valence-electron chi connectivity index (χ0n) is 17.3. The maximum atomic E-state index is 12.5. The Morgan fingerprint density at radius 3 is 2.53 bits per heavy atom. The van der Waals surface area contributed by atoms with E-state index >= 15 is 0 Å². The summed E-state index contributed by atoms with van der Waals surface area (Å²) in [5.41, 5.74) is 1.25. The summed E-state index contributed by atoms with van der Waals surface area (Å²) in [6.07, 6.45) is 1.47. The van der Waals surface area contributed by atoms with Crippen LogP contribution in [0.25, 0.3) is 11.3 Å². The fraction of sp³-hybridized carbons (Fsp3) is 0.182. The van der Waals surface area contributed by atoms with E-state index in [0.29, 0.717) is 17.0 Å². The van der Waals surface area contributed by atoms with Crippen molar-refractivity contribution < 1.29 is 33.1 Å². The number of ether oxygens (including phenoxy) is 2. The van der Waals surface area contributed by atoms with Crippen LogP contribution in [-0.4, -0.2) is 37.0 Å². The second kappa shape index (κ2) is 10.4. The van der Waals surface area contributed by atoms with Gasteiger partial charge in [-0.1, -0.05) is 6.07 Å². The lowest BCUT2D eigenvalue weighted by Gasteiger charge is -2.09. The molecule has 0 saturated carbocycles. The molecule has 0 atom stereocenters. The van der Waals surface area contributed by atoms with Gasteiger partial charge in [0.15, 0.2) is 6.61 Å². The van der Waals surface area contributed by atoms with Crippen LogP contribution in [0.1, 0.15) is 34.6 Å². The first-order valence-electron chi connectivity index (χ1n) is 9.56. The van der Waals surface area contributed by atoms with Gasteiger partial charge in [-0.05, 0) is 37.3 Å². The van der Waals surface area contributed by atoms with E-state index in [1.54, 1.807) is 36.6 Å². The van der Waals surface area contributed by atoms with Crippen molar-refractivity contribution in [1.82, 2.24) is 0 Å². The third-order valence-corrected chi connectivity index (χ3v) is 4.96. The first kappa shape index (κ1) is 22.8. The largest absolute Gasteiger partial charge is 0.464 e. The number of esters is 2. The van der Waals surface area contributed by atoms with Gasteiger partial charge in [0.2, 0.25) is 5.91 Å². The molecule has 2 amide bonds. The number of rotatable bonds is 8. The fourth-order valence-electron chi connectivity index (χ4n) is 2.77. The standard InChI is InChI=1S/C22H20N2O7S/c1-3-29-22(28)19-16(17-8-5-9-30-17)12-32-20(19)24-18(26)11-31-21(27)14-6-4-7-15(10-14)23-13(2)25/h4-10,12H,3,11H2,1-2H3,(H,23,25)(H,24,26). The average molecular weight is 456 g/mol. The van der Waals surface area contributed by atoms with Crippen LogP contribution in [-0.2, 0) is 19.1 Å². The Hall–Kier alpha value is -3.92.